The first-order valence-corrected chi connectivity index (χ1v) is 6.41. The summed E-state index contributed by atoms with van der Waals surface area (Å²) >= 11 is 2.52. The molecule has 0 atom stereocenters. The van der Waals surface area contributed by atoms with Gasteiger partial charge in [-0.1, -0.05) is 11.8 Å². The van der Waals surface area contributed by atoms with Crippen molar-refractivity contribution in [2.75, 3.05) is 12.3 Å². The van der Waals surface area contributed by atoms with Crippen molar-refractivity contribution in [1.82, 2.24) is 10.3 Å². The quantitative estimate of drug-likeness (QED) is 0.577. The maximum atomic E-state index is 11.2. The number of hydrogen-bond acceptors (Lipinski definition) is 6. The Balaban J connectivity index is 2.37. The number of aromatic nitrogens is 1. The van der Waals surface area contributed by atoms with Crippen LogP contribution in [-0.4, -0.2) is 34.3 Å². The molecule has 8 heteroatoms. The summed E-state index contributed by atoms with van der Waals surface area (Å²) in [5, 5.41) is 20.9. The highest BCUT2D eigenvalue weighted by atomic mass is 32.2. The van der Waals surface area contributed by atoms with Crippen LogP contribution in [0.25, 0.3) is 0 Å². The van der Waals surface area contributed by atoms with Gasteiger partial charge in [0.25, 0.3) is 0 Å². The van der Waals surface area contributed by atoms with E-state index < -0.39 is 5.97 Å². The van der Waals surface area contributed by atoms with Gasteiger partial charge in [-0.25, -0.2) is 4.98 Å². The second-order valence-electron chi connectivity index (χ2n) is 2.90. The summed E-state index contributed by atoms with van der Waals surface area (Å²) in [5.74, 6) is -1.01. The van der Waals surface area contributed by atoms with Gasteiger partial charge in [0.05, 0.1) is 23.9 Å². The minimum atomic E-state index is -0.932. The van der Waals surface area contributed by atoms with E-state index in [2.05, 4.69) is 10.3 Å². The third-order valence-corrected chi connectivity index (χ3v) is 3.62. The number of amides is 1. The van der Waals surface area contributed by atoms with E-state index in [-0.39, 0.29) is 24.6 Å². The van der Waals surface area contributed by atoms with Crippen LogP contribution >= 0.6 is 23.1 Å². The van der Waals surface area contributed by atoms with E-state index in [1.807, 2.05) is 0 Å². The molecule has 0 saturated carbocycles. The summed E-state index contributed by atoms with van der Waals surface area (Å²) < 4.78 is 0.647. The lowest BCUT2D eigenvalue weighted by molar-refractivity contribution is -0.136. The average Bonchev–Trinajstić information content (AvgIpc) is 2.70. The predicted octanol–water partition coefficient (Wildman–Crippen LogP) is 0.502. The van der Waals surface area contributed by atoms with Crippen LogP contribution in [0.4, 0.5) is 0 Å². The number of carboxylic acid groups (broad SMARTS) is 1. The number of nitriles is 1. The molecule has 0 aromatic carbocycles. The van der Waals surface area contributed by atoms with Crippen LogP contribution in [-0.2, 0) is 16.0 Å². The number of nitrogens with zero attached hydrogens (tertiary/aromatic N) is 2. The Morgan fingerprint density at radius 2 is 2.41 bits per heavy atom. The van der Waals surface area contributed by atoms with Crippen molar-refractivity contribution < 1.29 is 14.7 Å². The lowest BCUT2D eigenvalue weighted by Crippen LogP contribution is -2.25. The van der Waals surface area contributed by atoms with Crippen LogP contribution in [0.5, 0.6) is 0 Å². The molecule has 0 spiro atoms. The molecule has 0 aliphatic heterocycles. The molecule has 17 heavy (non-hydrogen) atoms. The lowest BCUT2D eigenvalue weighted by Gasteiger charge is -1.97. The summed E-state index contributed by atoms with van der Waals surface area (Å²) in [4.78, 5) is 25.6. The van der Waals surface area contributed by atoms with E-state index in [0.717, 1.165) is 0 Å². The van der Waals surface area contributed by atoms with Crippen LogP contribution in [0.1, 0.15) is 5.69 Å². The van der Waals surface area contributed by atoms with E-state index in [4.69, 9.17) is 10.4 Å². The summed E-state index contributed by atoms with van der Waals surface area (Å²) in [6.07, 6.45) is -0.113. The Morgan fingerprint density at radius 1 is 1.65 bits per heavy atom. The molecule has 0 radical (unpaired) electrons. The fourth-order valence-corrected chi connectivity index (χ4v) is 2.58. The van der Waals surface area contributed by atoms with E-state index in [0.29, 0.717) is 10.0 Å². The molecule has 0 saturated heterocycles. The fraction of sp³-hybridized carbons (Fsp3) is 0.333. The number of thiazole rings is 1. The molecule has 1 amide bonds. The van der Waals surface area contributed by atoms with Gasteiger partial charge < -0.3 is 10.4 Å². The largest absolute Gasteiger partial charge is 0.481 e. The lowest BCUT2D eigenvalue weighted by atomic mass is 10.3. The van der Waals surface area contributed by atoms with Crippen molar-refractivity contribution in [1.29, 1.82) is 5.26 Å². The van der Waals surface area contributed by atoms with Crippen molar-refractivity contribution >= 4 is 35.0 Å². The summed E-state index contributed by atoms with van der Waals surface area (Å²) in [7, 11) is 0. The minimum absolute atomic E-state index is 0.0124. The third kappa shape index (κ3) is 5.33. The maximum Gasteiger partial charge on any atom is 0.309 e. The molecule has 0 aliphatic rings. The van der Waals surface area contributed by atoms with Crippen molar-refractivity contribution in [3.8, 4) is 6.07 Å². The highest BCUT2D eigenvalue weighted by molar-refractivity contribution is 8.01. The van der Waals surface area contributed by atoms with Gasteiger partial charge in [0.1, 0.15) is 6.54 Å². The average molecular weight is 271 g/mol. The summed E-state index contributed by atoms with van der Waals surface area (Å²) in [6, 6.07) is 1.80. The Morgan fingerprint density at radius 3 is 3.06 bits per heavy atom. The van der Waals surface area contributed by atoms with Crippen LogP contribution in [0, 0.1) is 11.3 Å². The minimum Gasteiger partial charge on any atom is -0.481 e. The number of nitrogens with one attached hydrogen (secondary N) is 1. The predicted molar refractivity (Wildman–Crippen MR) is 62.8 cm³/mol. The molecule has 0 fully saturated rings. The Bertz CT molecular complexity index is 453. The SMILES string of the molecule is N#CCNC(=O)CSc1nc(CC(=O)O)cs1. The van der Waals surface area contributed by atoms with E-state index >= 15 is 0 Å². The van der Waals surface area contributed by atoms with Crippen LogP contribution < -0.4 is 5.32 Å². The van der Waals surface area contributed by atoms with Crippen molar-refractivity contribution in [3.05, 3.63) is 11.1 Å². The number of thioether (sulfide) groups is 1. The molecule has 2 N–H and O–H groups in total. The molecule has 0 aliphatic carbocycles. The first kappa shape index (κ1) is 13.5. The molecular formula is C9H9N3O3S2. The number of carbonyl (C=O) groups excluding carboxylic acids is 1. The molecule has 0 unspecified atom stereocenters. The highest BCUT2D eigenvalue weighted by Gasteiger charge is 2.08. The zero-order chi connectivity index (χ0) is 12.7. The standard InChI is InChI=1S/C9H9N3O3S2/c10-1-2-11-7(13)5-17-9-12-6(4-16-9)3-8(14)15/h4H,2-3,5H2,(H,11,13)(H,14,15). The van der Waals surface area contributed by atoms with Crippen molar-refractivity contribution in [2.45, 2.75) is 10.8 Å². The van der Waals surface area contributed by atoms with Gasteiger partial charge in [0.15, 0.2) is 4.34 Å². The molecule has 1 aromatic rings. The maximum absolute atomic E-state index is 11.2. The fourth-order valence-electron chi connectivity index (χ4n) is 0.907. The zero-order valence-electron chi connectivity index (χ0n) is 8.67. The Hall–Kier alpha value is -1.59. The first-order valence-electron chi connectivity index (χ1n) is 4.54. The summed E-state index contributed by atoms with van der Waals surface area (Å²) in [6.45, 7) is -0.0124. The topological polar surface area (TPSA) is 103 Å². The smallest absolute Gasteiger partial charge is 0.309 e. The number of rotatable bonds is 6. The first-order chi connectivity index (χ1) is 8.11. The van der Waals surface area contributed by atoms with Crippen LogP contribution in [0.3, 0.4) is 0 Å². The van der Waals surface area contributed by atoms with Gasteiger partial charge in [-0.3, -0.25) is 9.59 Å². The zero-order valence-corrected chi connectivity index (χ0v) is 10.3. The summed E-state index contributed by atoms with van der Waals surface area (Å²) in [5.41, 5.74) is 0.488. The molecule has 6 nitrogen and oxygen atoms in total. The van der Waals surface area contributed by atoms with Gasteiger partial charge >= 0.3 is 5.97 Å². The molecule has 1 rings (SSSR count). The van der Waals surface area contributed by atoms with Gasteiger partial charge in [-0.15, -0.1) is 11.3 Å². The van der Waals surface area contributed by atoms with Gasteiger partial charge in [0, 0.05) is 5.38 Å². The van der Waals surface area contributed by atoms with Crippen LogP contribution in [0.15, 0.2) is 9.72 Å². The second-order valence-corrected chi connectivity index (χ2v) is 4.98. The second kappa shape index (κ2) is 6.88. The molecule has 90 valence electrons. The van der Waals surface area contributed by atoms with Crippen molar-refractivity contribution in [2.24, 2.45) is 0 Å². The van der Waals surface area contributed by atoms with Gasteiger partial charge in [0.2, 0.25) is 5.91 Å². The van der Waals surface area contributed by atoms with Gasteiger partial charge in [-0.05, 0) is 0 Å². The molecule has 0 bridgehead atoms. The number of hydrogen-bond donors (Lipinski definition) is 2. The van der Waals surface area contributed by atoms with E-state index in [1.54, 1.807) is 11.4 Å². The monoisotopic (exact) mass is 271 g/mol. The Labute approximate surface area is 106 Å². The third-order valence-electron chi connectivity index (χ3n) is 1.55. The van der Waals surface area contributed by atoms with E-state index in [9.17, 15) is 9.59 Å². The normalized spacial score (nSPS) is 9.59. The Kier molecular flexibility index (Phi) is 5.45. The van der Waals surface area contributed by atoms with E-state index in [1.165, 1.54) is 23.1 Å². The molecule has 1 aromatic heterocycles. The van der Waals surface area contributed by atoms with Gasteiger partial charge in [-0.2, -0.15) is 5.26 Å². The number of carbonyl (C=O) groups is 2. The molecule has 1 heterocycles. The van der Waals surface area contributed by atoms with Crippen molar-refractivity contribution in [3.63, 3.8) is 0 Å². The number of carboxylic acids is 1. The molecular weight excluding hydrogens is 262 g/mol. The number of aliphatic carboxylic acids is 1. The van der Waals surface area contributed by atoms with Crippen LogP contribution in [0.2, 0.25) is 0 Å². The highest BCUT2D eigenvalue weighted by Crippen LogP contribution is 2.22.